The minimum Gasteiger partial charge on any atom is -0.349 e. The van der Waals surface area contributed by atoms with Crippen molar-refractivity contribution in [3.8, 4) is 5.69 Å². The zero-order valence-electron chi connectivity index (χ0n) is 16.9. The number of nitrogens with zero attached hydrogens (tertiary/aromatic N) is 3. The summed E-state index contributed by atoms with van der Waals surface area (Å²) in [6.45, 7) is 4.26. The largest absolute Gasteiger partial charge is 0.349 e. The zero-order valence-corrected chi connectivity index (χ0v) is 17.6. The summed E-state index contributed by atoms with van der Waals surface area (Å²) >= 11 is 6.04. The molecule has 1 aliphatic rings. The molecule has 2 atom stereocenters. The molecule has 2 amide bonds. The number of nitrogens with one attached hydrogen (secondary N) is 1. The molecule has 2 unspecified atom stereocenters. The van der Waals surface area contributed by atoms with Crippen LogP contribution in [-0.4, -0.2) is 28.1 Å². The Morgan fingerprint density at radius 1 is 1.17 bits per heavy atom. The molecule has 0 aliphatic carbocycles. The Labute approximate surface area is 180 Å². The minimum atomic E-state index is -0.400. The number of rotatable bonds is 5. The molecule has 30 heavy (non-hydrogen) atoms. The molecule has 1 saturated heterocycles. The Kier molecular flexibility index (Phi) is 5.59. The third kappa shape index (κ3) is 3.96. The molecule has 7 heteroatoms. The average Bonchev–Trinajstić information content (AvgIpc) is 3.31. The second-order valence-electron chi connectivity index (χ2n) is 7.55. The summed E-state index contributed by atoms with van der Waals surface area (Å²) in [5.41, 5.74) is 3.61. The molecule has 1 fully saturated rings. The smallest absolute Gasteiger partial charge is 0.227 e. The Hall–Kier alpha value is -3.12. The van der Waals surface area contributed by atoms with Crippen molar-refractivity contribution in [1.29, 1.82) is 0 Å². The van der Waals surface area contributed by atoms with Gasteiger partial charge >= 0.3 is 0 Å². The first-order valence-electron chi connectivity index (χ1n) is 9.90. The molecule has 3 aromatic rings. The highest BCUT2D eigenvalue weighted by Gasteiger charge is 2.35. The van der Waals surface area contributed by atoms with Crippen molar-refractivity contribution in [3.63, 3.8) is 0 Å². The predicted molar refractivity (Wildman–Crippen MR) is 117 cm³/mol. The number of benzene rings is 2. The van der Waals surface area contributed by atoms with Crippen molar-refractivity contribution in [2.75, 3.05) is 11.4 Å². The number of carbonyl (C=O) groups excluding carboxylic acids is 2. The molecule has 2 heterocycles. The van der Waals surface area contributed by atoms with Gasteiger partial charge in [0.15, 0.2) is 0 Å². The number of aromatic nitrogens is 2. The SMILES string of the molecule is Cc1c(C(C)NC(=O)C2CC(=O)N(c3cccc(Cl)c3)C2)cnn1-c1ccccc1. The Balaban J connectivity index is 1.44. The van der Waals surface area contributed by atoms with Crippen LogP contribution in [0.5, 0.6) is 0 Å². The van der Waals surface area contributed by atoms with Gasteiger partial charge in [-0.25, -0.2) is 4.68 Å². The second-order valence-corrected chi connectivity index (χ2v) is 7.98. The minimum absolute atomic E-state index is 0.0712. The van der Waals surface area contributed by atoms with Gasteiger partial charge in [-0.15, -0.1) is 0 Å². The summed E-state index contributed by atoms with van der Waals surface area (Å²) in [6, 6.07) is 16.8. The topological polar surface area (TPSA) is 67.2 Å². The maximum atomic E-state index is 12.9. The van der Waals surface area contributed by atoms with Crippen molar-refractivity contribution in [2.24, 2.45) is 5.92 Å². The summed E-state index contributed by atoms with van der Waals surface area (Å²) < 4.78 is 1.86. The van der Waals surface area contributed by atoms with Crippen LogP contribution in [0.25, 0.3) is 5.69 Å². The van der Waals surface area contributed by atoms with Crippen molar-refractivity contribution in [3.05, 3.63) is 77.1 Å². The van der Waals surface area contributed by atoms with Crippen LogP contribution in [0.2, 0.25) is 5.02 Å². The highest BCUT2D eigenvalue weighted by atomic mass is 35.5. The van der Waals surface area contributed by atoms with E-state index in [1.807, 2.05) is 54.9 Å². The maximum absolute atomic E-state index is 12.9. The third-order valence-corrected chi connectivity index (χ3v) is 5.72. The number of hydrogen-bond donors (Lipinski definition) is 1. The van der Waals surface area contributed by atoms with Gasteiger partial charge in [-0.2, -0.15) is 5.10 Å². The van der Waals surface area contributed by atoms with Crippen molar-refractivity contribution in [2.45, 2.75) is 26.3 Å². The number of anilines is 1. The van der Waals surface area contributed by atoms with Gasteiger partial charge in [0.25, 0.3) is 0 Å². The first-order valence-corrected chi connectivity index (χ1v) is 10.3. The van der Waals surface area contributed by atoms with Gasteiger partial charge in [0.05, 0.1) is 23.8 Å². The summed E-state index contributed by atoms with van der Waals surface area (Å²) in [4.78, 5) is 26.9. The lowest BCUT2D eigenvalue weighted by molar-refractivity contribution is -0.126. The van der Waals surface area contributed by atoms with Crippen molar-refractivity contribution in [1.82, 2.24) is 15.1 Å². The first kappa shape index (κ1) is 20.2. The Morgan fingerprint density at radius 2 is 1.90 bits per heavy atom. The van der Waals surface area contributed by atoms with E-state index in [1.54, 1.807) is 29.3 Å². The van der Waals surface area contributed by atoms with E-state index in [1.165, 1.54) is 0 Å². The van der Waals surface area contributed by atoms with Gasteiger partial charge in [0, 0.05) is 34.9 Å². The molecule has 0 bridgehead atoms. The number of hydrogen-bond acceptors (Lipinski definition) is 3. The third-order valence-electron chi connectivity index (χ3n) is 5.49. The molecule has 4 rings (SSSR count). The van der Waals surface area contributed by atoms with Crippen LogP contribution in [0.3, 0.4) is 0 Å². The number of para-hydroxylation sites is 1. The molecule has 1 aliphatic heterocycles. The average molecular weight is 423 g/mol. The lowest BCUT2D eigenvalue weighted by atomic mass is 10.1. The van der Waals surface area contributed by atoms with Crippen LogP contribution in [0.1, 0.15) is 30.6 Å². The molecule has 1 N–H and O–H groups in total. The molecule has 0 radical (unpaired) electrons. The van der Waals surface area contributed by atoms with E-state index < -0.39 is 5.92 Å². The maximum Gasteiger partial charge on any atom is 0.227 e. The monoisotopic (exact) mass is 422 g/mol. The highest BCUT2D eigenvalue weighted by molar-refractivity contribution is 6.31. The molecule has 1 aromatic heterocycles. The lowest BCUT2D eigenvalue weighted by Gasteiger charge is -2.19. The van der Waals surface area contributed by atoms with Gasteiger partial charge in [-0.1, -0.05) is 35.9 Å². The molecule has 154 valence electrons. The van der Waals surface area contributed by atoms with Gasteiger partial charge in [0.2, 0.25) is 11.8 Å². The van der Waals surface area contributed by atoms with E-state index in [0.717, 1.165) is 22.6 Å². The summed E-state index contributed by atoms with van der Waals surface area (Å²) in [7, 11) is 0. The standard InChI is InChI=1S/C23H23ClN4O2/c1-15(21-13-25-28(16(21)2)19-8-4-3-5-9-19)26-23(30)17-11-22(29)27(14-17)20-10-6-7-18(24)12-20/h3-10,12-13,15,17H,11,14H2,1-2H3,(H,26,30). The normalized spacial score (nSPS) is 17.2. The number of amides is 2. The van der Waals surface area contributed by atoms with E-state index in [9.17, 15) is 9.59 Å². The van der Waals surface area contributed by atoms with E-state index >= 15 is 0 Å². The molecule has 2 aromatic carbocycles. The number of carbonyl (C=O) groups is 2. The predicted octanol–water partition coefficient (Wildman–Crippen LogP) is 4.06. The number of halogens is 1. The fraction of sp³-hybridized carbons (Fsp3) is 0.261. The van der Waals surface area contributed by atoms with Crippen LogP contribution in [-0.2, 0) is 9.59 Å². The highest BCUT2D eigenvalue weighted by Crippen LogP contribution is 2.28. The Morgan fingerprint density at radius 3 is 2.63 bits per heavy atom. The van der Waals surface area contributed by atoms with E-state index in [0.29, 0.717) is 11.6 Å². The lowest BCUT2D eigenvalue weighted by Crippen LogP contribution is -2.34. The fourth-order valence-electron chi connectivity index (χ4n) is 3.86. The van der Waals surface area contributed by atoms with Gasteiger partial charge < -0.3 is 10.2 Å². The van der Waals surface area contributed by atoms with Crippen LogP contribution in [0.4, 0.5) is 5.69 Å². The van der Waals surface area contributed by atoms with Crippen molar-refractivity contribution < 1.29 is 9.59 Å². The molecule has 6 nitrogen and oxygen atoms in total. The van der Waals surface area contributed by atoms with Gasteiger partial charge in [-0.05, 0) is 44.2 Å². The van der Waals surface area contributed by atoms with E-state index in [-0.39, 0.29) is 24.3 Å². The van der Waals surface area contributed by atoms with Crippen LogP contribution in [0.15, 0.2) is 60.8 Å². The van der Waals surface area contributed by atoms with Crippen LogP contribution < -0.4 is 10.2 Å². The van der Waals surface area contributed by atoms with Gasteiger partial charge in [0.1, 0.15) is 0 Å². The van der Waals surface area contributed by atoms with E-state index in [2.05, 4.69) is 10.4 Å². The van der Waals surface area contributed by atoms with Crippen molar-refractivity contribution >= 4 is 29.1 Å². The first-order chi connectivity index (χ1) is 14.4. The van der Waals surface area contributed by atoms with E-state index in [4.69, 9.17) is 11.6 Å². The molecular formula is C23H23ClN4O2. The zero-order chi connectivity index (χ0) is 21.3. The quantitative estimate of drug-likeness (QED) is 0.674. The van der Waals surface area contributed by atoms with Crippen LogP contribution in [0, 0.1) is 12.8 Å². The summed E-state index contributed by atoms with van der Waals surface area (Å²) in [6.07, 6.45) is 1.97. The Bertz CT molecular complexity index is 1080. The summed E-state index contributed by atoms with van der Waals surface area (Å²) in [5, 5.41) is 8.09. The van der Waals surface area contributed by atoms with Gasteiger partial charge in [-0.3, -0.25) is 9.59 Å². The van der Waals surface area contributed by atoms with Crippen LogP contribution >= 0.6 is 11.6 Å². The second kappa shape index (κ2) is 8.32. The fourth-order valence-corrected chi connectivity index (χ4v) is 4.05. The molecular weight excluding hydrogens is 400 g/mol. The summed E-state index contributed by atoms with van der Waals surface area (Å²) in [5.74, 6) is -0.603. The molecule has 0 saturated carbocycles. The molecule has 0 spiro atoms.